The minimum absolute atomic E-state index is 0.356. The van der Waals surface area contributed by atoms with E-state index in [1.807, 2.05) is 0 Å². The number of carboxylic acids is 1. The van der Waals surface area contributed by atoms with Crippen molar-refractivity contribution in [2.24, 2.45) is 5.92 Å². The highest BCUT2D eigenvalue weighted by molar-refractivity contribution is 5.86. The van der Waals surface area contributed by atoms with E-state index in [9.17, 15) is 14.7 Å². The van der Waals surface area contributed by atoms with Crippen LogP contribution in [0.2, 0.25) is 0 Å². The lowest BCUT2D eigenvalue weighted by molar-refractivity contribution is -0.146. The van der Waals surface area contributed by atoms with E-state index in [2.05, 4.69) is 24.1 Å². The first-order valence-corrected chi connectivity index (χ1v) is 7.48. The average Bonchev–Trinajstić information content (AvgIpc) is 2.45. The summed E-state index contributed by atoms with van der Waals surface area (Å²) in [5.41, 5.74) is -1.12. The highest BCUT2D eigenvalue weighted by Crippen LogP contribution is 2.32. The molecule has 6 heteroatoms. The van der Waals surface area contributed by atoms with Crippen LogP contribution < -0.4 is 10.6 Å². The van der Waals surface area contributed by atoms with E-state index in [1.165, 1.54) is 0 Å². The maximum Gasteiger partial charge on any atom is 0.329 e. The number of hydrogen-bond acceptors (Lipinski definition) is 3. The van der Waals surface area contributed by atoms with Crippen molar-refractivity contribution in [2.45, 2.75) is 44.6 Å². The molecule has 0 atom stereocenters. The van der Waals surface area contributed by atoms with Gasteiger partial charge in [0, 0.05) is 6.54 Å². The van der Waals surface area contributed by atoms with Gasteiger partial charge in [-0.25, -0.2) is 9.59 Å². The molecule has 2 amide bonds. The number of urea groups is 1. The Morgan fingerprint density at radius 2 is 2.05 bits per heavy atom. The van der Waals surface area contributed by atoms with Crippen LogP contribution in [0.3, 0.4) is 0 Å². The van der Waals surface area contributed by atoms with Gasteiger partial charge in [0.2, 0.25) is 0 Å². The predicted molar refractivity (Wildman–Crippen MR) is 80.2 cm³/mol. The van der Waals surface area contributed by atoms with E-state index in [0.717, 1.165) is 19.3 Å². The van der Waals surface area contributed by atoms with E-state index in [1.54, 1.807) is 6.08 Å². The lowest BCUT2D eigenvalue weighted by Gasteiger charge is -2.36. The number of hydrogen-bond donors (Lipinski definition) is 3. The van der Waals surface area contributed by atoms with E-state index in [0.29, 0.717) is 38.5 Å². The van der Waals surface area contributed by atoms with Crippen LogP contribution in [-0.2, 0) is 9.53 Å². The van der Waals surface area contributed by atoms with Gasteiger partial charge in [-0.3, -0.25) is 0 Å². The molecule has 0 spiro atoms. The molecule has 1 aliphatic carbocycles. The Morgan fingerprint density at radius 1 is 1.38 bits per heavy atom. The van der Waals surface area contributed by atoms with Crippen LogP contribution in [-0.4, -0.2) is 42.4 Å². The average molecular weight is 298 g/mol. The van der Waals surface area contributed by atoms with Crippen LogP contribution >= 0.6 is 0 Å². The van der Waals surface area contributed by atoms with Crippen molar-refractivity contribution < 1.29 is 19.4 Å². The zero-order chi connectivity index (χ0) is 15.7. The smallest absolute Gasteiger partial charge is 0.329 e. The summed E-state index contributed by atoms with van der Waals surface area (Å²) in [6.07, 6.45) is 5.13. The molecular formula is C15H26N2O4. The minimum Gasteiger partial charge on any atom is -0.480 e. The quantitative estimate of drug-likeness (QED) is 0.472. The first-order valence-electron chi connectivity index (χ1n) is 7.48. The summed E-state index contributed by atoms with van der Waals surface area (Å²) in [6, 6.07) is -0.445. The Morgan fingerprint density at radius 3 is 2.62 bits per heavy atom. The first-order chi connectivity index (χ1) is 10.00. The van der Waals surface area contributed by atoms with Gasteiger partial charge in [-0.1, -0.05) is 13.0 Å². The Balaban J connectivity index is 2.33. The molecule has 0 aromatic heterocycles. The number of amides is 2. The number of rotatable bonds is 8. The topological polar surface area (TPSA) is 87.7 Å². The van der Waals surface area contributed by atoms with Crippen molar-refractivity contribution in [1.82, 2.24) is 10.6 Å². The molecule has 0 radical (unpaired) electrons. The third-order valence-corrected chi connectivity index (χ3v) is 3.89. The standard InChI is InChI=1S/C15H26N2O4/c1-3-4-10-21-11-9-16-14(20)17-15(13(18)19)7-5-12(2)6-8-15/h3,12H,1,4-11H2,2H3,(H,18,19)(H2,16,17,20). The van der Waals surface area contributed by atoms with Crippen molar-refractivity contribution in [3.63, 3.8) is 0 Å². The van der Waals surface area contributed by atoms with Crippen molar-refractivity contribution in [3.05, 3.63) is 12.7 Å². The van der Waals surface area contributed by atoms with Gasteiger partial charge in [0.25, 0.3) is 0 Å². The summed E-state index contributed by atoms with van der Waals surface area (Å²) < 4.78 is 5.27. The van der Waals surface area contributed by atoms with Gasteiger partial charge in [-0.15, -0.1) is 6.58 Å². The molecule has 0 heterocycles. The SMILES string of the molecule is C=CCCOCCNC(=O)NC1(C(=O)O)CCC(C)CC1. The Labute approximate surface area is 125 Å². The highest BCUT2D eigenvalue weighted by Gasteiger charge is 2.42. The fourth-order valence-corrected chi connectivity index (χ4v) is 2.41. The van der Waals surface area contributed by atoms with Crippen molar-refractivity contribution in [1.29, 1.82) is 0 Å². The monoisotopic (exact) mass is 298 g/mol. The molecule has 6 nitrogen and oxygen atoms in total. The molecule has 0 saturated heterocycles. The summed E-state index contributed by atoms with van der Waals surface area (Å²) in [5, 5.41) is 14.7. The predicted octanol–water partition coefficient (Wildman–Crippen LogP) is 1.91. The number of ether oxygens (including phenoxy) is 1. The van der Waals surface area contributed by atoms with E-state index in [-0.39, 0.29) is 0 Å². The normalized spacial score (nSPS) is 25.1. The number of aliphatic carboxylic acids is 1. The Kier molecular flexibility index (Phi) is 7.22. The number of carboxylic acid groups (broad SMARTS) is 1. The third kappa shape index (κ3) is 5.75. The largest absolute Gasteiger partial charge is 0.480 e. The summed E-state index contributed by atoms with van der Waals surface area (Å²) in [7, 11) is 0. The van der Waals surface area contributed by atoms with Gasteiger partial charge >= 0.3 is 12.0 Å². The fraction of sp³-hybridized carbons (Fsp3) is 0.733. The zero-order valence-corrected chi connectivity index (χ0v) is 12.7. The van der Waals surface area contributed by atoms with Gasteiger partial charge < -0.3 is 20.5 Å². The zero-order valence-electron chi connectivity index (χ0n) is 12.7. The highest BCUT2D eigenvalue weighted by atomic mass is 16.5. The molecule has 1 fully saturated rings. The summed E-state index contributed by atoms with van der Waals surface area (Å²) in [5.74, 6) is -0.438. The lowest BCUT2D eigenvalue weighted by atomic mass is 9.77. The minimum atomic E-state index is -1.12. The molecule has 0 unspecified atom stereocenters. The second-order valence-corrected chi connectivity index (χ2v) is 5.64. The van der Waals surface area contributed by atoms with Gasteiger partial charge in [-0.05, 0) is 38.0 Å². The Bertz CT molecular complexity index is 363. The van der Waals surface area contributed by atoms with Crippen molar-refractivity contribution in [3.8, 4) is 0 Å². The van der Waals surface area contributed by atoms with E-state index in [4.69, 9.17) is 4.74 Å². The van der Waals surface area contributed by atoms with Gasteiger partial charge in [-0.2, -0.15) is 0 Å². The molecule has 120 valence electrons. The van der Waals surface area contributed by atoms with Crippen LogP contribution in [0.5, 0.6) is 0 Å². The number of nitrogens with one attached hydrogen (secondary N) is 2. The maximum atomic E-state index is 11.8. The van der Waals surface area contributed by atoms with Gasteiger partial charge in [0.1, 0.15) is 5.54 Å². The van der Waals surface area contributed by atoms with Gasteiger partial charge in [0.15, 0.2) is 0 Å². The van der Waals surface area contributed by atoms with Crippen LogP contribution in [0.25, 0.3) is 0 Å². The second-order valence-electron chi connectivity index (χ2n) is 5.64. The van der Waals surface area contributed by atoms with Crippen molar-refractivity contribution >= 4 is 12.0 Å². The molecule has 3 N–H and O–H groups in total. The molecule has 1 rings (SSSR count). The van der Waals surface area contributed by atoms with Crippen LogP contribution in [0.15, 0.2) is 12.7 Å². The van der Waals surface area contributed by atoms with Crippen LogP contribution in [0.1, 0.15) is 39.0 Å². The third-order valence-electron chi connectivity index (χ3n) is 3.89. The van der Waals surface area contributed by atoms with Gasteiger partial charge in [0.05, 0.1) is 13.2 Å². The maximum absolute atomic E-state index is 11.8. The Hall–Kier alpha value is -1.56. The summed E-state index contributed by atoms with van der Waals surface area (Å²) >= 11 is 0. The molecule has 1 aliphatic rings. The van der Waals surface area contributed by atoms with Crippen LogP contribution in [0.4, 0.5) is 4.79 Å². The number of carbonyl (C=O) groups is 2. The number of carbonyl (C=O) groups excluding carboxylic acids is 1. The molecule has 0 aromatic carbocycles. The molecular weight excluding hydrogens is 272 g/mol. The molecule has 0 aliphatic heterocycles. The van der Waals surface area contributed by atoms with Crippen molar-refractivity contribution in [2.75, 3.05) is 19.8 Å². The lowest BCUT2D eigenvalue weighted by Crippen LogP contribution is -2.58. The summed E-state index contributed by atoms with van der Waals surface area (Å²) in [6.45, 7) is 7.02. The van der Waals surface area contributed by atoms with E-state index >= 15 is 0 Å². The fourth-order valence-electron chi connectivity index (χ4n) is 2.41. The van der Waals surface area contributed by atoms with Crippen LogP contribution in [0, 0.1) is 5.92 Å². The summed E-state index contributed by atoms with van der Waals surface area (Å²) in [4.78, 5) is 23.3. The molecule has 21 heavy (non-hydrogen) atoms. The first kappa shape index (κ1) is 17.5. The molecule has 0 aromatic rings. The van der Waals surface area contributed by atoms with E-state index < -0.39 is 17.5 Å². The second kappa shape index (κ2) is 8.67. The molecule has 1 saturated carbocycles. The molecule has 0 bridgehead atoms.